The summed E-state index contributed by atoms with van der Waals surface area (Å²) in [7, 11) is 0. The van der Waals surface area contributed by atoms with Crippen LogP contribution in [0.4, 0.5) is 0 Å². The van der Waals surface area contributed by atoms with E-state index < -0.39 is 0 Å². The van der Waals surface area contributed by atoms with E-state index in [1.54, 1.807) is 0 Å². The van der Waals surface area contributed by atoms with Gasteiger partial charge in [-0.1, -0.05) is 32.0 Å². The Morgan fingerprint density at radius 1 is 1.35 bits per heavy atom. The maximum atomic E-state index is 12.8. The first-order valence-corrected chi connectivity index (χ1v) is 8.40. The third-order valence-corrected chi connectivity index (χ3v) is 4.29. The summed E-state index contributed by atoms with van der Waals surface area (Å²) >= 11 is 0. The van der Waals surface area contributed by atoms with E-state index in [0.717, 1.165) is 35.9 Å². The Morgan fingerprint density at radius 2 is 2.09 bits per heavy atom. The van der Waals surface area contributed by atoms with Crippen molar-refractivity contribution in [1.29, 1.82) is 0 Å². The fourth-order valence-corrected chi connectivity index (χ4v) is 2.98. The van der Waals surface area contributed by atoms with Gasteiger partial charge >= 0.3 is 0 Å². The van der Waals surface area contributed by atoms with Gasteiger partial charge in [-0.15, -0.1) is 0 Å². The number of aliphatic hydroxyl groups excluding tert-OH is 1. The van der Waals surface area contributed by atoms with Crippen LogP contribution in [0, 0.1) is 5.92 Å². The molecule has 122 valence electrons. The molecule has 1 aliphatic carbocycles. The molecule has 4 heteroatoms. The average molecular weight is 312 g/mol. The summed E-state index contributed by atoms with van der Waals surface area (Å²) in [4.78, 5) is 17.5. The second kappa shape index (κ2) is 6.67. The molecule has 1 aromatic heterocycles. The number of para-hydroxylation sites is 1. The van der Waals surface area contributed by atoms with E-state index in [1.807, 2.05) is 30.3 Å². The Hall–Kier alpha value is -1.94. The van der Waals surface area contributed by atoms with Crippen molar-refractivity contribution in [3.63, 3.8) is 0 Å². The predicted molar refractivity (Wildman–Crippen MR) is 91.5 cm³/mol. The van der Waals surface area contributed by atoms with Gasteiger partial charge < -0.3 is 10.4 Å². The van der Waals surface area contributed by atoms with Crippen LogP contribution in [0.2, 0.25) is 0 Å². The summed E-state index contributed by atoms with van der Waals surface area (Å²) in [6.45, 7) is 4.13. The Kier molecular flexibility index (Phi) is 4.62. The maximum Gasteiger partial charge on any atom is 0.252 e. The molecule has 1 amide bonds. The molecule has 1 fully saturated rings. The van der Waals surface area contributed by atoms with Crippen LogP contribution >= 0.6 is 0 Å². The number of aliphatic hydroxyl groups is 1. The molecule has 1 atom stereocenters. The van der Waals surface area contributed by atoms with Crippen molar-refractivity contribution >= 4 is 16.8 Å². The van der Waals surface area contributed by atoms with Crippen molar-refractivity contribution in [2.45, 2.75) is 45.1 Å². The SMILES string of the molecule is CC(C)C[C@@H](CO)NC(=O)c1cc(C2CC2)nc2ccccc12. The summed E-state index contributed by atoms with van der Waals surface area (Å²) in [5, 5.41) is 13.4. The summed E-state index contributed by atoms with van der Waals surface area (Å²) in [6, 6.07) is 9.48. The van der Waals surface area contributed by atoms with Crippen LogP contribution in [-0.4, -0.2) is 28.6 Å². The average Bonchev–Trinajstić information content (AvgIpc) is 3.37. The van der Waals surface area contributed by atoms with Crippen molar-refractivity contribution < 1.29 is 9.90 Å². The molecular weight excluding hydrogens is 288 g/mol. The van der Waals surface area contributed by atoms with E-state index in [9.17, 15) is 9.90 Å². The van der Waals surface area contributed by atoms with Crippen molar-refractivity contribution in [3.05, 3.63) is 41.6 Å². The highest BCUT2D eigenvalue weighted by Gasteiger charge is 2.27. The summed E-state index contributed by atoms with van der Waals surface area (Å²) < 4.78 is 0. The summed E-state index contributed by atoms with van der Waals surface area (Å²) in [5.41, 5.74) is 2.55. The second-order valence-electron chi connectivity index (χ2n) is 6.87. The molecule has 2 N–H and O–H groups in total. The highest BCUT2D eigenvalue weighted by Crippen LogP contribution is 2.40. The normalized spacial score (nSPS) is 15.8. The Bertz CT molecular complexity index is 708. The van der Waals surface area contributed by atoms with Crippen LogP contribution in [0.1, 0.15) is 55.1 Å². The number of amides is 1. The third-order valence-electron chi connectivity index (χ3n) is 4.29. The highest BCUT2D eigenvalue weighted by atomic mass is 16.3. The molecule has 0 aliphatic heterocycles. The Morgan fingerprint density at radius 3 is 2.74 bits per heavy atom. The fraction of sp³-hybridized carbons (Fsp3) is 0.474. The topological polar surface area (TPSA) is 62.2 Å². The summed E-state index contributed by atoms with van der Waals surface area (Å²) in [6.07, 6.45) is 3.07. The molecular formula is C19H24N2O2. The molecule has 23 heavy (non-hydrogen) atoms. The van der Waals surface area contributed by atoms with Crippen molar-refractivity contribution in [3.8, 4) is 0 Å². The van der Waals surface area contributed by atoms with E-state index in [1.165, 1.54) is 0 Å². The molecule has 0 saturated heterocycles. The minimum Gasteiger partial charge on any atom is -0.394 e. The quantitative estimate of drug-likeness (QED) is 0.860. The molecule has 4 nitrogen and oxygen atoms in total. The van der Waals surface area contributed by atoms with E-state index in [2.05, 4.69) is 19.2 Å². The van der Waals surface area contributed by atoms with Crippen LogP contribution in [0.5, 0.6) is 0 Å². The van der Waals surface area contributed by atoms with Gasteiger partial charge in [-0.2, -0.15) is 0 Å². The molecule has 1 heterocycles. The van der Waals surface area contributed by atoms with Gasteiger partial charge in [0.05, 0.1) is 23.7 Å². The zero-order valence-electron chi connectivity index (χ0n) is 13.7. The predicted octanol–water partition coefficient (Wildman–Crippen LogP) is 3.25. The van der Waals surface area contributed by atoms with Crippen LogP contribution in [0.25, 0.3) is 10.9 Å². The number of nitrogens with one attached hydrogen (secondary N) is 1. The lowest BCUT2D eigenvalue weighted by Crippen LogP contribution is -2.38. The number of rotatable bonds is 6. The fourth-order valence-electron chi connectivity index (χ4n) is 2.98. The Balaban J connectivity index is 1.92. The van der Waals surface area contributed by atoms with Crippen molar-refractivity contribution in [2.24, 2.45) is 5.92 Å². The van der Waals surface area contributed by atoms with Gasteiger partial charge in [-0.3, -0.25) is 9.78 Å². The molecule has 0 radical (unpaired) electrons. The number of fused-ring (bicyclic) bond motifs is 1. The highest BCUT2D eigenvalue weighted by molar-refractivity contribution is 6.06. The molecule has 2 aromatic rings. The number of nitrogens with zero attached hydrogens (tertiary/aromatic N) is 1. The van der Waals surface area contributed by atoms with Gasteiger partial charge in [-0.05, 0) is 37.3 Å². The van der Waals surface area contributed by atoms with Gasteiger partial charge in [0, 0.05) is 17.0 Å². The lowest BCUT2D eigenvalue weighted by atomic mass is 10.0. The Labute approximate surface area is 136 Å². The number of aromatic nitrogens is 1. The number of carbonyl (C=O) groups is 1. The van der Waals surface area contributed by atoms with Gasteiger partial charge in [0.2, 0.25) is 0 Å². The minimum absolute atomic E-state index is 0.0393. The van der Waals surface area contributed by atoms with Crippen LogP contribution < -0.4 is 5.32 Å². The molecule has 1 aliphatic rings. The second-order valence-corrected chi connectivity index (χ2v) is 6.87. The molecule has 3 rings (SSSR count). The molecule has 1 saturated carbocycles. The monoisotopic (exact) mass is 312 g/mol. The van der Waals surface area contributed by atoms with Gasteiger partial charge in [0.1, 0.15) is 0 Å². The number of hydrogen-bond acceptors (Lipinski definition) is 3. The zero-order chi connectivity index (χ0) is 16.4. The van der Waals surface area contributed by atoms with E-state index in [0.29, 0.717) is 17.4 Å². The minimum atomic E-state index is -0.209. The van der Waals surface area contributed by atoms with Crippen molar-refractivity contribution in [2.75, 3.05) is 6.61 Å². The number of carbonyl (C=O) groups excluding carboxylic acids is 1. The number of pyridine rings is 1. The lowest BCUT2D eigenvalue weighted by molar-refractivity contribution is 0.0910. The first-order valence-electron chi connectivity index (χ1n) is 8.40. The lowest BCUT2D eigenvalue weighted by Gasteiger charge is -2.19. The third kappa shape index (κ3) is 3.70. The van der Waals surface area contributed by atoms with Gasteiger partial charge in [-0.25, -0.2) is 0 Å². The molecule has 0 spiro atoms. The molecule has 0 bridgehead atoms. The largest absolute Gasteiger partial charge is 0.394 e. The maximum absolute atomic E-state index is 12.8. The van der Waals surface area contributed by atoms with E-state index in [4.69, 9.17) is 4.98 Å². The smallest absolute Gasteiger partial charge is 0.252 e. The van der Waals surface area contributed by atoms with Crippen LogP contribution in [-0.2, 0) is 0 Å². The van der Waals surface area contributed by atoms with Crippen LogP contribution in [0.3, 0.4) is 0 Å². The molecule has 0 unspecified atom stereocenters. The van der Waals surface area contributed by atoms with Crippen molar-refractivity contribution in [1.82, 2.24) is 10.3 Å². The molecule has 1 aromatic carbocycles. The van der Waals surface area contributed by atoms with Crippen LogP contribution in [0.15, 0.2) is 30.3 Å². The number of benzene rings is 1. The van der Waals surface area contributed by atoms with E-state index in [-0.39, 0.29) is 18.6 Å². The van der Waals surface area contributed by atoms with Gasteiger partial charge in [0.25, 0.3) is 5.91 Å². The standard InChI is InChI=1S/C19H24N2O2/c1-12(2)9-14(11-22)20-19(23)16-10-18(13-7-8-13)21-17-6-4-3-5-15(16)17/h3-6,10,12-14,22H,7-9,11H2,1-2H3,(H,20,23)/t14-/m0/s1. The first-order chi connectivity index (χ1) is 11.1. The van der Waals surface area contributed by atoms with Gasteiger partial charge in [0.15, 0.2) is 0 Å². The first kappa shape index (κ1) is 15.9. The van der Waals surface area contributed by atoms with E-state index >= 15 is 0 Å². The number of hydrogen-bond donors (Lipinski definition) is 2. The summed E-state index contributed by atoms with van der Waals surface area (Å²) in [5.74, 6) is 0.796. The zero-order valence-corrected chi connectivity index (χ0v) is 13.7.